The number of benzene rings is 2. The third kappa shape index (κ3) is 3.13. The van der Waals surface area contributed by atoms with Gasteiger partial charge in [-0.1, -0.05) is 6.07 Å². The summed E-state index contributed by atoms with van der Waals surface area (Å²) in [6, 6.07) is 11.3. The van der Waals surface area contributed by atoms with Crippen molar-refractivity contribution in [1.82, 2.24) is 19.4 Å². The van der Waals surface area contributed by atoms with Gasteiger partial charge in [0.05, 0.1) is 21.3 Å². The number of ether oxygens (including phenoxy) is 3. The molecule has 1 N–H and O–H groups in total. The number of rotatable bonds is 6. The number of aromatic amines is 1. The van der Waals surface area contributed by atoms with E-state index in [4.69, 9.17) is 14.2 Å². The van der Waals surface area contributed by atoms with Crippen LogP contribution in [0.4, 0.5) is 0 Å². The minimum atomic E-state index is -0.264. The van der Waals surface area contributed by atoms with E-state index in [1.54, 1.807) is 35.1 Å². The first kappa shape index (κ1) is 19.6. The van der Waals surface area contributed by atoms with Crippen molar-refractivity contribution in [3.63, 3.8) is 0 Å². The molecule has 160 valence electrons. The summed E-state index contributed by atoms with van der Waals surface area (Å²) in [4.78, 5) is 25.6. The molecule has 0 saturated heterocycles. The Morgan fingerprint density at radius 1 is 1.00 bits per heavy atom. The summed E-state index contributed by atoms with van der Waals surface area (Å²) in [5.41, 5.74) is 3.92. The second-order valence-electron chi connectivity index (χ2n) is 7.16. The molecule has 3 aromatic heterocycles. The van der Waals surface area contributed by atoms with Crippen LogP contribution >= 0.6 is 0 Å². The van der Waals surface area contributed by atoms with Crippen molar-refractivity contribution >= 4 is 22.3 Å². The van der Waals surface area contributed by atoms with Gasteiger partial charge in [0.2, 0.25) is 11.5 Å². The van der Waals surface area contributed by atoms with E-state index >= 15 is 0 Å². The third-order valence-corrected chi connectivity index (χ3v) is 5.36. The third-order valence-electron chi connectivity index (χ3n) is 5.36. The zero-order chi connectivity index (χ0) is 22.2. The van der Waals surface area contributed by atoms with Crippen molar-refractivity contribution in [3.8, 4) is 28.5 Å². The van der Waals surface area contributed by atoms with Crippen molar-refractivity contribution in [1.29, 1.82) is 0 Å². The Bertz CT molecular complexity index is 1440. The molecule has 0 radical (unpaired) electrons. The Morgan fingerprint density at radius 3 is 2.50 bits per heavy atom. The molecule has 5 aromatic rings. The Hall–Kier alpha value is -4.33. The van der Waals surface area contributed by atoms with Gasteiger partial charge in [-0.2, -0.15) is 0 Å². The standard InChI is InChI=1S/C24H20N4O4/c1-30-19-11-16(12-20(31-2)23(19)32-3)22(29)18-13-28-9-8-26-21(24(28)27-18)15-4-5-17-14(10-15)6-7-25-17/h4-13,25H,1-3H3. The fraction of sp³-hybridized carbons (Fsp3) is 0.125. The van der Waals surface area contributed by atoms with E-state index in [1.165, 1.54) is 21.3 Å². The van der Waals surface area contributed by atoms with Crippen LogP contribution < -0.4 is 14.2 Å². The number of carbonyl (C=O) groups excluding carboxylic acids is 1. The Balaban J connectivity index is 1.60. The quantitative estimate of drug-likeness (QED) is 0.409. The topological polar surface area (TPSA) is 90.7 Å². The molecule has 0 saturated carbocycles. The predicted octanol–water partition coefficient (Wildman–Crippen LogP) is 4.13. The van der Waals surface area contributed by atoms with E-state index in [9.17, 15) is 4.79 Å². The van der Waals surface area contributed by atoms with Crippen LogP contribution in [0, 0.1) is 0 Å². The summed E-state index contributed by atoms with van der Waals surface area (Å²) >= 11 is 0. The largest absolute Gasteiger partial charge is 0.493 e. The second-order valence-corrected chi connectivity index (χ2v) is 7.16. The molecule has 8 nitrogen and oxygen atoms in total. The summed E-state index contributed by atoms with van der Waals surface area (Å²) in [6.45, 7) is 0. The molecule has 0 aliphatic rings. The van der Waals surface area contributed by atoms with E-state index in [0.717, 1.165) is 16.5 Å². The van der Waals surface area contributed by atoms with Gasteiger partial charge in [0.15, 0.2) is 17.1 Å². The Kier molecular flexibility index (Phi) is 4.74. The first-order valence-corrected chi connectivity index (χ1v) is 9.89. The molecule has 0 atom stereocenters. The molecular formula is C24H20N4O4. The monoisotopic (exact) mass is 428 g/mol. The van der Waals surface area contributed by atoms with Crippen LogP contribution in [0.15, 0.2) is 61.2 Å². The van der Waals surface area contributed by atoms with Crippen molar-refractivity contribution < 1.29 is 19.0 Å². The summed E-state index contributed by atoms with van der Waals surface area (Å²) in [5, 5.41) is 1.08. The fourth-order valence-corrected chi connectivity index (χ4v) is 3.79. The molecule has 3 heterocycles. The van der Waals surface area contributed by atoms with Crippen LogP contribution in [0.3, 0.4) is 0 Å². The summed E-state index contributed by atoms with van der Waals surface area (Å²) in [6.07, 6.45) is 7.05. The minimum absolute atomic E-state index is 0.264. The molecule has 0 spiro atoms. The minimum Gasteiger partial charge on any atom is -0.493 e. The number of nitrogens with zero attached hydrogens (tertiary/aromatic N) is 3. The Labute approximate surface area is 183 Å². The molecule has 0 aliphatic heterocycles. The summed E-state index contributed by atoms with van der Waals surface area (Å²) < 4.78 is 17.9. The highest BCUT2D eigenvalue weighted by atomic mass is 16.5. The zero-order valence-corrected chi connectivity index (χ0v) is 17.7. The first-order chi connectivity index (χ1) is 15.6. The van der Waals surface area contributed by atoms with E-state index in [1.807, 2.05) is 30.5 Å². The van der Waals surface area contributed by atoms with Crippen molar-refractivity contribution in [2.75, 3.05) is 21.3 Å². The van der Waals surface area contributed by atoms with Gasteiger partial charge in [-0.15, -0.1) is 0 Å². The predicted molar refractivity (Wildman–Crippen MR) is 120 cm³/mol. The smallest absolute Gasteiger partial charge is 0.213 e. The molecule has 0 unspecified atom stereocenters. The highest BCUT2D eigenvalue weighted by Crippen LogP contribution is 2.38. The van der Waals surface area contributed by atoms with E-state index in [2.05, 4.69) is 15.0 Å². The average molecular weight is 428 g/mol. The number of carbonyl (C=O) groups is 1. The van der Waals surface area contributed by atoms with Crippen LogP contribution in [0.25, 0.3) is 27.8 Å². The second kappa shape index (κ2) is 7.73. The molecule has 8 heteroatoms. The lowest BCUT2D eigenvalue weighted by Crippen LogP contribution is -2.04. The number of hydrogen-bond donors (Lipinski definition) is 1. The van der Waals surface area contributed by atoms with Crippen molar-refractivity contribution in [3.05, 3.63) is 72.4 Å². The molecule has 0 bridgehead atoms. The zero-order valence-electron chi connectivity index (χ0n) is 17.7. The molecule has 5 rings (SSSR count). The number of H-pyrrole nitrogens is 1. The molecular weight excluding hydrogens is 408 g/mol. The van der Waals surface area contributed by atoms with Gasteiger partial charge < -0.3 is 23.6 Å². The van der Waals surface area contributed by atoms with Crippen molar-refractivity contribution in [2.45, 2.75) is 0 Å². The number of fused-ring (bicyclic) bond motifs is 2. The first-order valence-electron chi connectivity index (χ1n) is 9.89. The number of hydrogen-bond acceptors (Lipinski definition) is 6. The lowest BCUT2D eigenvalue weighted by Gasteiger charge is -2.13. The lowest BCUT2D eigenvalue weighted by molar-refractivity contribution is 0.103. The molecule has 32 heavy (non-hydrogen) atoms. The number of ketones is 1. The normalized spacial score (nSPS) is 11.1. The molecule has 0 aliphatic carbocycles. The van der Waals surface area contributed by atoms with Crippen LogP contribution in [0.5, 0.6) is 17.2 Å². The van der Waals surface area contributed by atoms with Gasteiger partial charge >= 0.3 is 0 Å². The van der Waals surface area contributed by atoms with Gasteiger partial charge in [-0.3, -0.25) is 9.78 Å². The summed E-state index contributed by atoms with van der Waals surface area (Å²) in [7, 11) is 4.54. The molecule has 0 fully saturated rings. The van der Waals surface area contributed by atoms with Gasteiger partial charge in [0.25, 0.3) is 0 Å². The fourth-order valence-electron chi connectivity index (χ4n) is 3.79. The van der Waals surface area contributed by atoms with Gasteiger partial charge in [-0.25, -0.2) is 4.98 Å². The van der Waals surface area contributed by atoms with Crippen LogP contribution in [0.2, 0.25) is 0 Å². The van der Waals surface area contributed by atoms with E-state index in [0.29, 0.717) is 34.2 Å². The maximum absolute atomic E-state index is 13.3. The van der Waals surface area contributed by atoms with Gasteiger partial charge in [0.1, 0.15) is 11.4 Å². The maximum Gasteiger partial charge on any atom is 0.213 e. The van der Waals surface area contributed by atoms with E-state index < -0.39 is 0 Å². The van der Waals surface area contributed by atoms with Crippen LogP contribution in [-0.4, -0.2) is 46.5 Å². The highest BCUT2D eigenvalue weighted by molar-refractivity contribution is 6.09. The van der Waals surface area contributed by atoms with Gasteiger partial charge in [0, 0.05) is 46.8 Å². The number of methoxy groups -OCH3 is 3. The number of imidazole rings is 1. The highest BCUT2D eigenvalue weighted by Gasteiger charge is 2.21. The molecule has 0 amide bonds. The maximum atomic E-state index is 13.3. The average Bonchev–Trinajstić information content (AvgIpc) is 3.48. The number of aromatic nitrogens is 4. The van der Waals surface area contributed by atoms with Gasteiger partial charge in [-0.05, 0) is 30.3 Å². The lowest BCUT2D eigenvalue weighted by atomic mass is 10.1. The SMILES string of the molecule is COc1cc(C(=O)c2cn3ccnc(-c4ccc5[nH]ccc5c4)c3n2)cc(OC)c1OC. The summed E-state index contributed by atoms with van der Waals surface area (Å²) in [5.74, 6) is 0.968. The number of nitrogens with one attached hydrogen (secondary N) is 1. The van der Waals surface area contributed by atoms with E-state index in [-0.39, 0.29) is 11.5 Å². The van der Waals surface area contributed by atoms with Crippen molar-refractivity contribution in [2.24, 2.45) is 0 Å². The van der Waals surface area contributed by atoms with Crippen LogP contribution in [-0.2, 0) is 0 Å². The molecule has 2 aromatic carbocycles. The Morgan fingerprint density at radius 2 is 1.78 bits per heavy atom. The van der Waals surface area contributed by atoms with Crippen LogP contribution in [0.1, 0.15) is 16.1 Å².